The van der Waals surface area contributed by atoms with Crippen molar-refractivity contribution in [1.82, 2.24) is 10.1 Å². The van der Waals surface area contributed by atoms with Gasteiger partial charge in [-0.15, -0.1) is 0 Å². The third-order valence-electron chi connectivity index (χ3n) is 3.60. The summed E-state index contributed by atoms with van der Waals surface area (Å²) in [7, 11) is 1.76. The van der Waals surface area contributed by atoms with E-state index in [9.17, 15) is 4.79 Å². The highest BCUT2D eigenvalue weighted by Gasteiger charge is 2.13. The lowest BCUT2D eigenvalue weighted by Crippen LogP contribution is -2.24. The SMILES string of the molecule is Cc1noc(C)c1CN(C)C(=O)C=Cc1cccc(OC(C)C)c1. The van der Waals surface area contributed by atoms with Crippen molar-refractivity contribution in [2.24, 2.45) is 0 Å². The Kier molecular flexibility index (Phi) is 5.79. The Morgan fingerprint density at radius 3 is 2.75 bits per heavy atom. The smallest absolute Gasteiger partial charge is 0.246 e. The standard InChI is InChI=1S/C19H24N2O3/c1-13(2)23-17-8-6-7-16(11-17)9-10-19(22)21(5)12-18-14(3)20-24-15(18)4/h6-11,13H,12H2,1-5H3. The summed E-state index contributed by atoms with van der Waals surface area (Å²) in [4.78, 5) is 13.9. The van der Waals surface area contributed by atoms with Crippen molar-refractivity contribution < 1.29 is 14.1 Å². The molecular formula is C19H24N2O3. The minimum Gasteiger partial charge on any atom is -0.491 e. The van der Waals surface area contributed by atoms with Crippen LogP contribution < -0.4 is 4.74 Å². The summed E-state index contributed by atoms with van der Waals surface area (Å²) in [6.07, 6.45) is 3.47. The molecule has 0 aliphatic carbocycles. The number of aryl methyl sites for hydroxylation is 2. The fourth-order valence-corrected chi connectivity index (χ4v) is 2.30. The maximum Gasteiger partial charge on any atom is 0.246 e. The van der Waals surface area contributed by atoms with Crippen LogP contribution in [0.25, 0.3) is 6.08 Å². The summed E-state index contributed by atoms with van der Waals surface area (Å²) >= 11 is 0. The molecule has 0 spiro atoms. The zero-order valence-electron chi connectivity index (χ0n) is 14.9. The fourth-order valence-electron chi connectivity index (χ4n) is 2.30. The Morgan fingerprint density at radius 2 is 2.12 bits per heavy atom. The van der Waals surface area contributed by atoms with Gasteiger partial charge in [-0.3, -0.25) is 4.79 Å². The molecule has 0 N–H and O–H groups in total. The van der Waals surface area contributed by atoms with E-state index in [0.717, 1.165) is 28.3 Å². The highest BCUT2D eigenvalue weighted by Crippen LogP contribution is 2.17. The molecule has 1 heterocycles. The lowest BCUT2D eigenvalue weighted by molar-refractivity contribution is -0.125. The molecule has 1 aromatic heterocycles. The molecule has 5 heteroatoms. The maximum absolute atomic E-state index is 12.3. The maximum atomic E-state index is 12.3. The van der Waals surface area contributed by atoms with Gasteiger partial charge in [0, 0.05) is 18.7 Å². The van der Waals surface area contributed by atoms with Crippen molar-refractivity contribution in [3.05, 3.63) is 52.9 Å². The van der Waals surface area contributed by atoms with Gasteiger partial charge in [-0.2, -0.15) is 0 Å². The molecule has 128 valence electrons. The number of hydrogen-bond donors (Lipinski definition) is 0. The Morgan fingerprint density at radius 1 is 1.38 bits per heavy atom. The quantitative estimate of drug-likeness (QED) is 0.758. The van der Waals surface area contributed by atoms with Crippen molar-refractivity contribution in [3.63, 3.8) is 0 Å². The number of rotatable bonds is 6. The Bertz CT molecular complexity index is 712. The van der Waals surface area contributed by atoms with Gasteiger partial charge in [0.15, 0.2) is 0 Å². The molecule has 0 saturated heterocycles. The number of carbonyl (C=O) groups excluding carboxylic acids is 1. The van der Waals surface area contributed by atoms with E-state index in [1.165, 1.54) is 0 Å². The molecule has 1 amide bonds. The summed E-state index contributed by atoms with van der Waals surface area (Å²) in [5.41, 5.74) is 2.69. The third-order valence-corrected chi connectivity index (χ3v) is 3.60. The van der Waals surface area contributed by atoms with Crippen LogP contribution in [0.15, 0.2) is 34.9 Å². The highest BCUT2D eigenvalue weighted by molar-refractivity contribution is 5.91. The first-order valence-corrected chi connectivity index (χ1v) is 7.98. The first-order valence-electron chi connectivity index (χ1n) is 7.98. The largest absolute Gasteiger partial charge is 0.491 e. The lowest BCUT2D eigenvalue weighted by Gasteiger charge is -2.14. The first-order chi connectivity index (χ1) is 11.4. The van der Waals surface area contributed by atoms with Gasteiger partial charge in [0.05, 0.1) is 18.3 Å². The predicted molar refractivity (Wildman–Crippen MR) is 93.7 cm³/mol. The van der Waals surface area contributed by atoms with Crippen LogP contribution >= 0.6 is 0 Å². The van der Waals surface area contributed by atoms with Gasteiger partial charge < -0.3 is 14.2 Å². The van der Waals surface area contributed by atoms with Crippen LogP contribution in [0.2, 0.25) is 0 Å². The summed E-state index contributed by atoms with van der Waals surface area (Å²) in [5.74, 6) is 1.46. The topological polar surface area (TPSA) is 55.6 Å². The van der Waals surface area contributed by atoms with Crippen molar-refractivity contribution in [2.75, 3.05) is 7.05 Å². The van der Waals surface area contributed by atoms with Crippen LogP contribution in [0.1, 0.15) is 36.4 Å². The monoisotopic (exact) mass is 328 g/mol. The number of aromatic nitrogens is 1. The summed E-state index contributed by atoms with van der Waals surface area (Å²) in [5, 5.41) is 3.91. The van der Waals surface area contributed by atoms with Crippen molar-refractivity contribution >= 4 is 12.0 Å². The van der Waals surface area contributed by atoms with Crippen LogP contribution in [0.3, 0.4) is 0 Å². The van der Waals surface area contributed by atoms with Crippen molar-refractivity contribution in [3.8, 4) is 5.75 Å². The number of nitrogens with zero attached hydrogens (tertiary/aromatic N) is 2. The van der Waals surface area contributed by atoms with Crippen LogP contribution in [0.4, 0.5) is 0 Å². The van der Waals surface area contributed by atoms with Crippen molar-refractivity contribution in [1.29, 1.82) is 0 Å². The van der Waals surface area contributed by atoms with E-state index in [1.807, 2.05) is 52.0 Å². The van der Waals surface area contributed by atoms with E-state index >= 15 is 0 Å². The normalized spacial score (nSPS) is 11.2. The second-order valence-corrected chi connectivity index (χ2v) is 6.07. The van der Waals surface area contributed by atoms with Crippen molar-refractivity contribution in [2.45, 2.75) is 40.3 Å². The Hall–Kier alpha value is -2.56. The Labute approximate surface area is 142 Å². The number of amides is 1. The highest BCUT2D eigenvalue weighted by atomic mass is 16.5. The molecule has 0 radical (unpaired) electrons. The van der Waals surface area contributed by atoms with E-state index in [1.54, 1.807) is 24.1 Å². The summed E-state index contributed by atoms with van der Waals surface area (Å²) < 4.78 is 10.8. The van der Waals surface area contributed by atoms with Gasteiger partial charge in [0.2, 0.25) is 5.91 Å². The number of hydrogen-bond acceptors (Lipinski definition) is 4. The fraction of sp³-hybridized carbons (Fsp3) is 0.368. The van der Waals surface area contributed by atoms with Gasteiger partial charge in [-0.25, -0.2) is 0 Å². The molecule has 0 bridgehead atoms. The second-order valence-electron chi connectivity index (χ2n) is 6.07. The van der Waals surface area contributed by atoms with Gasteiger partial charge in [0.25, 0.3) is 0 Å². The summed E-state index contributed by atoms with van der Waals surface area (Å²) in [6.45, 7) is 8.16. The van der Waals surface area contributed by atoms with E-state index in [0.29, 0.717) is 6.54 Å². The minimum absolute atomic E-state index is 0.0785. The van der Waals surface area contributed by atoms with Crippen LogP contribution in [0, 0.1) is 13.8 Å². The molecule has 5 nitrogen and oxygen atoms in total. The second kappa shape index (κ2) is 7.81. The molecule has 24 heavy (non-hydrogen) atoms. The zero-order valence-corrected chi connectivity index (χ0v) is 14.9. The van der Waals surface area contributed by atoms with Gasteiger partial charge in [-0.05, 0) is 51.5 Å². The molecule has 0 aliphatic heterocycles. The molecule has 0 fully saturated rings. The molecular weight excluding hydrogens is 304 g/mol. The number of benzene rings is 1. The van der Waals surface area contributed by atoms with E-state index in [4.69, 9.17) is 9.26 Å². The zero-order chi connectivity index (χ0) is 17.7. The third kappa shape index (κ3) is 4.72. The predicted octanol–water partition coefficient (Wildman–Crippen LogP) is 3.75. The first kappa shape index (κ1) is 17.8. The Balaban J connectivity index is 2.02. The molecule has 2 aromatic rings. The summed E-state index contributed by atoms with van der Waals surface area (Å²) in [6, 6.07) is 7.67. The molecule has 1 aromatic carbocycles. The number of carbonyl (C=O) groups is 1. The molecule has 0 saturated carbocycles. The molecule has 2 rings (SSSR count). The lowest BCUT2D eigenvalue weighted by atomic mass is 10.2. The minimum atomic E-state index is -0.0785. The molecule has 0 unspecified atom stereocenters. The average molecular weight is 328 g/mol. The van der Waals surface area contributed by atoms with E-state index in [-0.39, 0.29) is 12.0 Å². The van der Waals surface area contributed by atoms with Gasteiger partial charge >= 0.3 is 0 Å². The van der Waals surface area contributed by atoms with Crippen LogP contribution in [-0.4, -0.2) is 29.1 Å². The van der Waals surface area contributed by atoms with E-state index in [2.05, 4.69) is 5.16 Å². The number of likely N-dealkylation sites (N-methyl/N-ethyl adjacent to an activating group) is 1. The van der Waals surface area contributed by atoms with Gasteiger partial charge in [0.1, 0.15) is 11.5 Å². The number of ether oxygens (including phenoxy) is 1. The van der Waals surface area contributed by atoms with Gasteiger partial charge in [-0.1, -0.05) is 17.3 Å². The van der Waals surface area contributed by atoms with Crippen LogP contribution in [0.5, 0.6) is 5.75 Å². The molecule has 0 atom stereocenters. The average Bonchev–Trinajstić information content (AvgIpc) is 2.84. The van der Waals surface area contributed by atoms with Crippen LogP contribution in [-0.2, 0) is 11.3 Å². The van der Waals surface area contributed by atoms with E-state index < -0.39 is 0 Å². The molecule has 0 aliphatic rings.